The number of carbonyl (C=O) groups is 1. The van der Waals surface area contributed by atoms with Gasteiger partial charge in [-0.3, -0.25) is 4.79 Å². The zero-order valence-electron chi connectivity index (χ0n) is 13.3. The standard InChI is InChI=1S/C20H20N2O2/c23-15-18(14-16-6-2-1-3-7-16)21-20(24)17-8-10-19(11-9-17)22-12-4-5-13-22/h1-13,18,23H,14-15H2,(H,21,24). The van der Waals surface area contributed by atoms with Crippen molar-refractivity contribution >= 4 is 5.91 Å². The van der Waals surface area contributed by atoms with Gasteiger partial charge in [-0.05, 0) is 48.4 Å². The van der Waals surface area contributed by atoms with E-state index in [-0.39, 0.29) is 18.6 Å². The Bertz CT molecular complexity index is 765. The molecular formula is C20H20N2O2. The Morgan fingerprint density at radius 2 is 1.62 bits per heavy atom. The van der Waals surface area contributed by atoms with E-state index in [1.54, 1.807) is 12.1 Å². The van der Waals surface area contributed by atoms with E-state index in [0.717, 1.165) is 11.3 Å². The fourth-order valence-corrected chi connectivity index (χ4v) is 2.62. The number of benzene rings is 2. The minimum atomic E-state index is -0.302. The van der Waals surface area contributed by atoms with Crippen molar-refractivity contribution in [1.82, 2.24) is 9.88 Å². The van der Waals surface area contributed by atoms with Gasteiger partial charge in [0.2, 0.25) is 0 Å². The molecule has 0 aliphatic heterocycles. The molecule has 4 heteroatoms. The number of nitrogens with zero attached hydrogens (tertiary/aromatic N) is 1. The second-order valence-corrected chi connectivity index (χ2v) is 5.68. The highest BCUT2D eigenvalue weighted by Crippen LogP contribution is 2.11. The molecule has 2 aromatic carbocycles. The first-order valence-electron chi connectivity index (χ1n) is 7.95. The van der Waals surface area contributed by atoms with E-state index in [1.165, 1.54) is 0 Å². The second kappa shape index (κ2) is 7.62. The Morgan fingerprint density at radius 1 is 0.958 bits per heavy atom. The average Bonchev–Trinajstić information content (AvgIpc) is 3.17. The highest BCUT2D eigenvalue weighted by molar-refractivity contribution is 5.94. The van der Waals surface area contributed by atoms with E-state index in [4.69, 9.17) is 0 Å². The molecule has 3 rings (SSSR count). The van der Waals surface area contributed by atoms with Crippen LogP contribution in [0.4, 0.5) is 0 Å². The number of nitrogens with one attached hydrogen (secondary N) is 1. The molecule has 0 bridgehead atoms. The van der Waals surface area contributed by atoms with Crippen molar-refractivity contribution in [3.05, 3.63) is 90.3 Å². The summed E-state index contributed by atoms with van der Waals surface area (Å²) in [5.41, 5.74) is 2.66. The number of rotatable bonds is 6. The molecule has 2 N–H and O–H groups in total. The molecule has 0 saturated heterocycles. The van der Waals surface area contributed by atoms with Crippen LogP contribution in [0, 0.1) is 0 Å². The van der Waals surface area contributed by atoms with Gasteiger partial charge in [0.1, 0.15) is 0 Å². The number of hydrogen-bond acceptors (Lipinski definition) is 2. The van der Waals surface area contributed by atoms with E-state index in [2.05, 4.69) is 5.32 Å². The summed E-state index contributed by atoms with van der Waals surface area (Å²) in [6.07, 6.45) is 4.51. The molecule has 1 aromatic heterocycles. The van der Waals surface area contributed by atoms with Crippen LogP contribution in [0.2, 0.25) is 0 Å². The lowest BCUT2D eigenvalue weighted by Crippen LogP contribution is -2.39. The monoisotopic (exact) mass is 320 g/mol. The van der Waals surface area contributed by atoms with Gasteiger partial charge < -0.3 is 15.0 Å². The molecule has 4 nitrogen and oxygen atoms in total. The molecule has 0 radical (unpaired) electrons. The molecule has 0 aliphatic carbocycles. The van der Waals surface area contributed by atoms with Gasteiger partial charge >= 0.3 is 0 Å². The maximum absolute atomic E-state index is 12.4. The van der Waals surface area contributed by atoms with Gasteiger partial charge in [0.25, 0.3) is 5.91 Å². The summed E-state index contributed by atoms with van der Waals surface area (Å²) < 4.78 is 1.98. The number of aromatic nitrogens is 1. The average molecular weight is 320 g/mol. The van der Waals surface area contributed by atoms with Gasteiger partial charge in [-0.2, -0.15) is 0 Å². The van der Waals surface area contributed by atoms with Crippen molar-refractivity contribution in [2.45, 2.75) is 12.5 Å². The van der Waals surface area contributed by atoms with E-state index < -0.39 is 0 Å². The predicted octanol–water partition coefficient (Wildman–Crippen LogP) is 2.81. The normalized spacial score (nSPS) is 11.9. The van der Waals surface area contributed by atoms with Crippen molar-refractivity contribution < 1.29 is 9.90 Å². The Kier molecular flexibility index (Phi) is 5.08. The molecule has 0 saturated carbocycles. The lowest BCUT2D eigenvalue weighted by atomic mass is 10.1. The summed E-state index contributed by atoms with van der Waals surface area (Å²) in [5.74, 6) is -0.177. The molecule has 1 atom stereocenters. The van der Waals surface area contributed by atoms with E-state index in [9.17, 15) is 9.90 Å². The van der Waals surface area contributed by atoms with Crippen LogP contribution in [0.5, 0.6) is 0 Å². The van der Waals surface area contributed by atoms with Crippen LogP contribution < -0.4 is 5.32 Å². The van der Waals surface area contributed by atoms with Crippen LogP contribution in [0.1, 0.15) is 15.9 Å². The molecular weight excluding hydrogens is 300 g/mol. The molecule has 0 fully saturated rings. The highest BCUT2D eigenvalue weighted by Gasteiger charge is 2.13. The van der Waals surface area contributed by atoms with Crippen molar-refractivity contribution in [3.63, 3.8) is 0 Å². The third-order valence-corrected chi connectivity index (χ3v) is 3.91. The van der Waals surface area contributed by atoms with Crippen LogP contribution in [0.3, 0.4) is 0 Å². The maximum atomic E-state index is 12.4. The van der Waals surface area contributed by atoms with Crippen molar-refractivity contribution in [2.75, 3.05) is 6.61 Å². The SMILES string of the molecule is O=C(NC(CO)Cc1ccccc1)c1ccc(-n2cccc2)cc1. The summed E-state index contributed by atoms with van der Waals surface area (Å²) in [6, 6.07) is 20.8. The molecule has 24 heavy (non-hydrogen) atoms. The number of aliphatic hydroxyl groups is 1. The maximum Gasteiger partial charge on any atom is 0.251 e. The number of carbonyl (C=O) groups excluding carboxylic acids is 1. The molecule has 3 aromatic rings. The van der Waals surface area contributed by atoms with Crippen LogP contribution in [-0.4, -0.2) is 28.2 Å². The van der Waals surface area contributed by atoms with Gasteiger partial charge in [-0.25, -0.2) is 0 Å². The van der Waals surface area contributed by atoms with E-state index in [1.807, 2.05) is 71.6 Å². The molecule has 1 unspecified atom stereocenters. The van der Waals surface area contributed by atoms with Crippen molar-refractivity contribution in [3.8, 4) is 5.69 Å². The van der Waals surface area contributed by atoms with Crippen LogP contribution in [-0.2, 0) is 6.42 Å². The zero-order chi connectivity index (χ0) is 16.8. The summed E-state index contributed by atoms with van der Waals surface area (Å²) in [4.78, 5) is 12.4. The highest BCUT2D eigenvalue weighted by atomic mass is 16.3. The first kappa shape index (κ1) is 16.0. The smallest absolute Gasteiger partial charge is 0.251 e. The number of amides is 1. The molecule has 1 heterocycles. The van der Waals surface area contributed by atoms with E-state index in [0.29, 0.717) is 12.0 Å². The third kappa shape index (κ3) is 3.91. The quantitative estimate of drug-likeness (QED) is 0.734. The Morgan fingerprint density at radius 3 is 2.25 bits per heavy atom. The summed E-state index contributed by atoms with van der Waals surface area (Å²) in [6.45, 7) is -0.0952. The summed E-state index contributed by atoms with van der Waals surface area (Å²) in [7, 11) is 0. The van der Waals surface area contributed by atoms with Crippen molar-refractivity contribution in [2.24, 2.45) is 0 Å². The topological polar surface area (TPSA) is 54.3 Å². The van der Waals surface area contributed by atoms with Crippen LogP contribution >= 0.6 is 0 Å². The first-order valence-corrected chi connectivity index (χ1v) is 7.95. The second-order valence-electron chi connectivity index (χ2n) is 5.68. The largest absolute Gasteiger partial charge is 0.394 e. The van der Waals surface area contributed by atoms with Gasteiger partial charge in [0.05, 0.1) is 12.6 Å². The molecule has 122 valence electrons. The van der Waals surface area contributed by atoms with Crippen molar-refractivity contribution in [1.29, 1.82) is 0 Å². The van der Waals surface area contributed by atoms with E-state index >= 15 is 0 Å². The van der Waals surface area contributed by atoms with Gasteiger partial charge in [-0.1, -0.05) is 30.3 Å². The lowest BCUT2D eigenvalue weighted by Gasteiger charge is -2.16. The Labute approximate surface area is 141 Å². The minimum Gasteiger partial charge on any atom is -0.394 e. The molecule has 0 aliphatic rings. The fraction of sp³-hybridized carbons (Fsp3) is 0.150. The summed E-state index contributed by atoms with van der Waals surface area (Å²) in [5, 5.41) is 12.4. The lowest BCUT2D eigenvalue weighted by molar-refractivity contribution is 0.0916. The third-order valence-electron chi connectivity index (χ3n) is 3.91. The summed E-state index contributed by atoms with van der Waals surface area (Å²) >= 11 is 0. The van der Waals surface area contributed by atoms with Gasteiger partial charge in [0.15, 0.2) is 0 Å². The minimum absolute atomic E-state index is 0.0952. The molecule has 0 spiro atoms. The Balaban J connectivity index is 1.65. The van der Waals surface area contributed by atoms with Gasteiger partial charge in [0, 0.05) is 23.6 Å². The molecule has 1 amide bonds. The zero-order valence-corrected chi connectivity index (χ0v) is 13.3. The predicted molar refractivity (Wildman–Crippen MR) is 94.3 cm³/mol. The van der Waals surface area contributed by atoms with Crippen LogP contribution in [0.25, 0.3) is 5.69 Å². The van der Waals surface area contributed by atoms with Gasteiger partial charge in [-0.15, -0.1) is 0 Å². The Hall–Kier alpha value is -2.85. The first-order chi connectivity index (χ1) is 11.8. The van der Waals surface area contributed by atoms with Crippen LogP contribution in [0.15, 0.2) is 79.1 Å². The number of hydrogen-bond donors (Lipinski definition) is 2. The number of aliphatic hydroxyl groups excluding tert-OH is 1. The fourth-order valence-electron chi connectivity index (χ4n) is 2.62.